The minimum absolute atomic E-state index is 0.00533. The lowest BCUT2D eigenvalue weighted by molar-refractivity contribution is -0.0549. The van der Waals surface area contributed by atoms with E-state index in [1.54, 1.807) is 6.20 Å². The van der Waals surface area contributed by atoms with Gasteiger partial charge in [-0.1, -0.05) is 0 Å². The molecule has 1 aliphatic carbocycles. The molecule has 2 N–H and O–H groups in total. The van der Waals surface area contributed by atoms with Crippen LogP contribution in [-0.4, -0.2) is 15.5 Å². The average Bonchev–Trinajstić information content (AvgIpc) is 2.59. The molecule has 1 heterocycles. The highest BCUT2D eigenvalue weighted by molar-refractivity contribution is 5.04. The van der Waals surface area contributed by atoms with Gasteiger partial charge in [0.25, 0.3) is 0 Å². The highest BCUT2D eigenvalue weighted by Crippen LogP contribution is 2.37. The maximum absolute atomic E-state index is 13.3. The third kappa shape index (κ3) is 2.83. The SMILES string of the molecule is Cc1ncc(CN)n1CC1CCCC(F)(F)C1. The summed E-state index contributed by atoms with van der Waals surface area (Å²) in [6.07, 6.45) is 3.25. The van der Waals surface area contributed by atoms with Crippen molar-refractivity contribution in [2.75, 3.05) is 0 Å². The van der Waals surface area contributed by atoms with Crippen molar-refractivity contribution in [1.29, 1.82) is 0 Å². The fourth-order valence-electron chi connectivity index (χ4n) is 2.62. The van der Waals surface area contributed by atoms with Gasteiger partial charge < -0.3 is 10.3 Å². The quantitative estimate of drug-likeness (QED) is 0.886. The lowest BCUT2D eigenvalue weighted by atomic mass is 9.86. The fraction of sp³-hybridized carbons (Fsp3) is 0.750. The van der Waals surface area contributed by atoms with Crippen LogP contribution in [0.3, 0.4) is 0 Å². The Morgan fingerprint density at radius 1 is 1.59 bits per heavy atom. The van der Waals surface area contributed by atoms with Crippen LogP contribution in [0.2, 0.25) is 0 Å². The molecule has 2 rings (SSSR count). The predicted molar refractivity (Wildman–Crippen MR) is 61.8 cm³/mol. The zero-order valence-corrected chi connectivity index (χ0v) is 10.1. The molecule has 0 aliphatic heterocycles. The van der Waals surface area contributed by atoms with Crippen molar-refractivity contribution in [2.24, 2.45) is 11.7 Å². The summed E-state index contributed by atoms with van der Waals surface area (Å²) in [7, 11) is 0. The van der Waals surface area contributed by atoms with Crippen LogP contribution in [0, 0.1) is 12.8 Å². The van der Waals surface area contributed by atoms with Gasteiger partial charge in [-0.3, -0.25) is 0 Å². The Morgan fingerprint density at radius 3 is 3.00 bits per heavy atom. The highest BCUT2D eigenvalue weighted by atomic mass is 19.3. The molecule has 1 aromatic rings. The van der Waals surface area contributed by atoms with E-state index < -0.39 is 5.92 Å². The van der Waals surface area contributed by atoms with Crippen molar-refractivity contribution < 1.29 is 8.78 Å². The second-order valence-corrected chi connectivity index (χ2v) is 4.93. The van der Waals surface area contributed by atoms with Gasteiger partial charge in [0.2, 0.25) is 5.92 Å². The molecule has 0 radical (unpaired) electrons. The molecule has 1 aliphatic rings. The van der Waals surface area contributed by atoms with Crippen molar-refractivity contribution in [3.63, 3.8) is 0 Å². The smallest absolute Gasteiger partial charge is 0.248 e. The number of halogens is 2. The molecule has 96 valence electrons. The number of rotatable bonds is 3. The van der Waals surface area contributed by atoms with Gasteiger partial charge in [-0.2, -0.15) is 0 Å². The lowest BCUT2D eigenvalue weighted by Gasteiger charge is -2.29. The van der Waals surface area contributed by atoms with Gasteiger partial charge >= 0.3 is 0 Å². The molecular weight excluding hydrogens is 224 g/mol. The van der Waals surface area contributed by atoms with Crippen LogP contribution in [0.1, 0.15) is 37.2 Å². The number of nitrogens with two attached hydrogens (primary N) is 1. The van der Waals surface area contributed by atoms with Crippen LogP contribution in [0.5, 0.6) is 0 Å². The molecule has 5 heteroatoms. The number of nitrogens with zero attached hydrogens (tertiary/aromatic N) is 2. The topological polar surface area (TPSA) is 43.8 Å². The van der Waals surface area contributed by atoms with Gasteiger partial charge in [-0.15, -0.1) is 0 Å². The minimum atomic E-state index is -2.49. The van der Waals surface area contributed by atoms with Gasteiger partial charge in [0.05, 0.1) is 5.69 Å². The first-order chi connectivity index (χ1) is 8.02. The van der Waals surface area contributed by atoms with Crippen molar-refractivity contribution in [3.8, 4) is 0 Å². The van der Waals surface area contributed by atoms with E-state index in [0.29, 0.717) is 19.5 Å². The Morgan fingerprint density at radius 2 is 2.35 bits per heavy atom. The molecule has 0 spiro atoms. The summed E-state index contributed by atoms with van der Waals surface area (Å²) >= 11 is 0. The average molecular weight is 243 g/mol. The monoisotopic (exact) mass is 243 g/mol. The Hall–Kier alpha value is -0.970. The molecule has 17 heavy (non-hydrogen) atoms. The van der Waals surface area contributed by atoms with Gasteiger partial charge in [-0.05, 0) is 25.7 Å². The Bertz CT molecular complexity index is 387. The third-order valence-electron chi connectivity index (χ3n) is 3.53. The van der Waals surface area contributed by atoms with E-state index in [1.165, 1.54) is 0 Å². The van der Waals surface area contributed by atoms with Crippen LogP contribution >= 0.6 is 0 Å². The van der Waals surface area contributed by atoms with E-state index in [2.05, 4.69) is 4.98 Å². The number of aryl methyl sites for hydroxylation is 1. The van der Waals surface area contributed by atoms with E-state index in [0.717, 1.165) is 17.9 Å². The molecule has 3 nitrogen and oxygen atoms in total. The van der Waals surface area contributed by atoms with E-state index >= 15 is 0 Å². The van der Waals surface area contributed by atoms with Gasteiger partial charge in [0.15, 0.2) is 0 Å². The normalized spacial score (nSPS) is 23.9. The van der Waals surface area contributed by atoms with E-state index in [9.17, 15) is 8.78 Å². The number of hydrogen-bond donors (Lipinski definition) is 1. The maximum atomic E-state index is 13.3. The highest BCUT2D eigenvalue weighted by Gasteiger charge is 2.36. The first-order valence-electron chi connectivity index (χ1n) is 6.11. The summed E-state index contributed by atoms with van der Waals surface area (Å²) in [5.74, 6) is -1.59. The standard InChI is InChI=1S/C12H19F2N3/c1-9-16-7-11(6-15)17(9)8-10-3-2-4-12(13,14)5-10/h7,10H,2-6,8,15H2,1H3. The minimum Gasteiger partial charge on any atom is -0.331 e. The zero-order valence-electron chi connectivity index (χ0n) is 10.1. The molecule has 0 saturated heterocycles. The molecule has 0 bridgehead atoms. The van der Waals surface area contributed by atoms with Gasteiger partial charge in [0, 0.05) is 32.1 Å². The Balaban J connectivity index is 2.07. The fourth-order valence-corrected chi connectivity index (χ4v) is 2.62. The number of hydrogen-bond acceptors (Lipinski definition) is 2. The van der Waals surface area contributed by atoms with E-state index in [4.69, 9.17) is 5.73 Å². The lowest BCUT2D eigenvalue weighted by Crippen LogP contribution is -2.29. The van der Waals surface area contributed by atoms with Crippen molar-refractivity contribution in [1.82, 2.24) is 9.55 Å². The van der Waals surface area contributed by atoms with Gasteiger partial charge in [0.1, 0.15) is 5.82 Å². The zero-order chi connectivity index (χ0) is 12.5. The number of aromatic nitrogens is 2. The molecule has 1 aromatic heterocycles. The van der Waals surface area contributed by atoms with Crippen LogP contribution in [0.25, 0.3) is 0 Å². The molecule has 0 amide bonds. The molecule has 1 saturated carbocycles. The second kappa shape index (κ2) is 4.72. The molecule has 1 fully saturated rings. The summed E-state index contributed by atoms with van der Waals surface area (Å²) < 4.78 is 28.6. The molecular formula is C12H19F2N3. The number of imidazole rings is 1. The summed E-state index contributed by atoms with van der Waals surface area (Å²) in [5, 5.41) is 0. The Labute approximate surface area is 100 Å². The summed E-state index contributed by atoms with van der Waals surface area (Å²) in [4.78, 5) is 4.18. The van der Waals surface area contributed by atoms with Crippen LogP contribution in [-0.2, 0) is 13.1 Å². The van der Waals surface area contributed by atoms with Crippen LogP contribution in [0.15, 0.2) is 6.20 Å². The second-order valence-electron chi connectivity index (χ2n) is 4.93. The largest absolute Gasteiger partial charge is 0.331 e. The third-order valence-corrected chi connectivity index (χ3v) is 3.53. The van der Waals surface area contributed by atoms with Crippen molar-refractivity contribution in [3.05, 3.63) is 17.7 Å². The predicted octanol–water partition coefficient (Wildman–Crippen LogP) is 2.48. The van der Waals surface area contributed by atoms with Crippen LogP contribution < -0.4 is 5.73 Å². The van der Waals surface area contributed by atoms with Crippen molar-refractivity contribution >= 4 is 0 Å². The van der Waals surface area contributed by atoms with Gasteiger partial charge in [-0.25, -0.2) is 13.8 Å². The summed E-state index contributed by atoms with van der Waals surface area (Å²) in [6.45, 7) is 2.91. The van der Waals surface area contributed by atoms with E-state index in [1.807, 2.05) is 11.5 Å². The van der Waals surface area contributed by atoms with E-state index in [-0.39, 0.29) is 18.8 Å². The Kier molecular flexibility index (Phi) is 3.47. The van der Waals surface area contributed by atoms with Crippen LogP contribution in [0.4, 0.5) is 8.78 Å². The summed E-state index contributed by atoms with van der Waals surface area (Å²) in [5.41, 5.74) is 6.54. The summed E-state index contributed by atoms with van der Waals surface area (Å²) in [6, 6.07) is 0. The maximum Gasteiger partial charge on any atom is 0.248 e. The first kappa shape index (κ1) is 12.5. The molecule has 1 unspecified atom stereocenters. The molecule has 0 aromatic carbocycles. The van der Waals surface area contributed by atoms with Crippen molar-refractivity contribution in [2.45, 2.75) is 51.6 Å². The molecule has 1 atom stereocenters. The number of alkyl halides is 2. The first-order valence-corrected chi connectivity index (χ1v) is 6.11.